The third-order valence-electron chi connectivity index (χ3n) is 2.04. The Hall–Kier alpha value is -1.27. The van der Waals surface area contributed by atoms with Crippen LogP contribution in [0.1, 0.15) is 10.4 Å². The van der Waals surface area contributed by atoms with Crippen LogP contribution in [-0.4, -0.2) is 39.2 Å². The Kier molecular flexibility index (Phi) is 4.77. The zero-order chi connectivity index (χ0) is 13.0. The van der Waals surface area contributed by atoms with Gasteiger partial charge in [0.25, 0.3) is 5.91 Å². The molecular formula is C11H15BrN2O3. The second-order valence-corrected chi connectivity index (χ2v) is 4.38. The highest BCUT2D eigenvalue weighted by Gasteiger charge is 2.15. The molecule has 0 fully saturated rings. The Morgan fingerprint density at radius 1 is 1.24 bits per heavy atom. The van der Waals surface area contributed by atoms with Crippen molar-refractivity contribution in [3.05, 3.63) is 22.2 Å². The molecule has 0 unspecified atom stereocenters. The molecular weight excluding hydrogens is 288 g/mol. The summed E-state index contributed by atoms with van der Waals surface area (Å²) in [5, 5.41) is 1.57. The van der Waals surface area contributed by atoms with E-state index in [1.54, 1.807) is 38.3 Å². The fourth-order valence-corrected chi connectivity index (χ4v) is 1.79. The van der Waals surface area contributed by atoms with Gasteiger partial charge >= 0.3 is 0 Å². The molecule has 1 aromatic rings. The predicted octanol–water partition coefficient (Wildman–Crippen LogP) is 1.67. The van der Waals surface area contributed by atoms with Gasteiger partial charge < -0.3 is 9.47 Å². The molecule has 0 aliphatic carbocycles. The number of methoxy groups -OCH3 is 2. The first kappa shape index (κ1) is 13.8. The van der Waals surface area contributed by atoms with Gasteiger partial charge in [-0.05, 0) is 28.1 Å². The van der Waals surface area contributed by atoms with Gasteiger partial charge in [0.1, 0.15) is 0 Å². The monoisotopic (exact) mass is 302 g/mol. The number of hydrazine groups is 1. The van der Waals surface area contributed by atoms with Crippen molar-refractivity contribution < 1.29 is 14.3 Å². The molecule has 6 heteroatoms. The third kappa shape index (κ3) is 3.34. The lowest BCUT2D eigenvalue weighted by Gasteiger charge is -2.15. The van der Waals surface area contributed by atoms with E-state index in [0.717, 1.165) is 0 Å². The van der Waals surface area contributed by atoms with E-state index in [4.69, 9.17) is 9.47 Å². The molecule has 0 saturated heterocycles. The van der Waals surface area contributed by atoms with Crippen molar-refractivity contribution >= 4 is 21.8 Å². The van der Waals surface area contributed by atoms with Gasteiger partial charge in [-0.15, -0.1) is 0 Å². The second-order valence-electron chi connectivity index (χ2n) is 3.52. The fraction of sp³-hybridized carbons (Fsp3) is 0.364. The number of hydrogen-bond acceptors (Lipinski definition) is 4. The average molecular weight is 303 g/mol. The van der Waals surface area contributed by atoms with Gasteiger partial charge in [0.2, 0.25) is 0 Å². The molecule has 1 rings (SSSR count). The molecule has 0 atom stereocenters. The zero-order valence-electron chi connectivity index (χ0n) is 10.2. The lowest BCUT2D eigenvalue weighted by Crippen LogP contribution is -2.36. The van der Waals surface area contributed by atoms with Crippen molar-refractivity contribution in [1.82, 2.24) is 10.4 Å². The summed E-state index contributed by atoms with van der Waals surface area (Å²) in [6.07, 6.45) is 0. The van der Waals surface area contributed by atoms with E-state index >= 15 is 0 Å². The van der Waals surface area contributed by atoms with E-state index in [-0.39, 0.29) is 5.91 Å². The van der Waals surface area contributed by atoms with Crippen molar-refractivity contribution in [2.75, 3.05) is 28.3 Å². The summed E-state index contributed by atoms with van der Waals surface area (Å²) in [6, 6.07) is 3.32. The molecule has 0 saturated carbocycles. The van der Waals surface area contributed by atoms with Crippen molar-refractivity contribution in [3.63, 3.8) is 0 Å². The second kappa shape index (κ2) is 5.88. The standard InChI is InChI=1S/C11H15BrN2O3/c1-14(2)13-11(15)7-5-9(16-3)10(17-4)6-8(7)12/h5-6H,1-4H3,(H,13,15). The summed E-state index contributed by atoms with van der Waals surface area (Å²) in [6.45, 7) is 0. The van der Waals surface area contributed by atoms with Crippen molar-refractivity contribution in [1.29, 1.82) is 0 Å². The molecule has 5 nitrogen and oxygen atoms in total. The molecule has 17 heavy (non-hydrogen) atoms. The van der Waals surface area contributed by atoms with Gasteiger partial charge in [0.05, 0.1) is 19.8 Å². The summed E-state index contributed by atoms with van der Waals surface area (Å²) in [5.74, 6) is 0.864. The van der Waals surface area contributed by atoms with Crippen molar-refractivity contribution in [2.24, 2.45) is 0 Å². The molecule has 0 heterocycles. The lowest BCUT2D eigenvalue weighted by molar-refractivity contribution is 0.0855. The van der Waals surface area contributed by atoms with Crippen molar-refractivity contribution in [3.8, 4) is 11.5 Å². The average Bonchev–Trinajstić information content (AvgIpc) is 2.27. The number of carbonyl (C=O) groups is 1. The molecule has 0 spiro atoms. The summed E-state index contributed by atoms with van der Waals surface area (Å²) in [5.41, 5.74) is 3.14. The van der Waals surface area contributed by atoms with Crippen LogP contribution in [0.4, 0.5) is 0 Å². The Morgan fingerprint density at radius 3 is 2.24 bits per heavy atom. The van der Waals surface area contributed by atoms with E-state index in [2.05, 4.69) is 21.4 Å². The molecule has 94 valence electrons. The highest BCUT2D eigenvalue weighted by molar-refractivity contribution is 9.10. The maximum atomic E-state index is 11.9. The Bertz CT molecular complexity index is 421. The number of carbonyl (C=O) groups excluding carboxylic acids is 1. The van der Waals surface area contributed by atoms with Crippen LogP contribution < -0.4 is 14.9 Å². The Labute approximate surface area is 109 Å². The normalized spacial score (nSPS) is 10.2. The molecule has 1 amide bonds. The van der Waals surface area contributed by atoms with E-state index in [0.29, 0.717) is 21.5 Å². The summed E-state index contributed by atoms with van der Waals surface area (Å²) >= 11 is 3.33. The van der Waals surface area contributed by atoms with E-state index in [1.807, 2.05) is 0 Å². The van der Waals surface area contributed by atoms with E-state index < -0.39 is 0 Å². The number of amides is 1. The SMILES string of the molecule is COc1cc(Br)c(C(=O)NN(C)C)cc1OC. The maximum absolute atomic E-state index is 11.9. The quantitative estimate of drug-likeness (QED) is 0.860. The first-order chi connectivity index (χ1) is 7.99. The van der Waals surface area contributed by atoms with Crippen LogP contribution in [0.15, 0.2) is 16.6 Å². The Morgan fingerprint density at radius 2 is 1.76 bits per heavy atom. The van der Waals surface area contributed by atoms with Crippen LogP contribution >= 0.6 is 15.9 Å². The summed E-state index contributed by atoms with van der Waals surface area (Å²) < 4.78 is 10.9. The maximum Gasteiger partial charge on any atom is 0.266 e. The lowest BCUT2D eigenvalue weighted by atomic mass is 10.2. The fourth-order valence-electron chi connectivity index (χ4n) is 1.29. The highest BCUT2D eigenvalue weighted by atomic mass is 79.9. The molecule has 0 radical (unpaired) electrons. The number of halogens is 1. The molecule has 1 N–H and O–H groups in total. The first-order valence-electron chi connectivity index (χ1n) is 4.89. The van der Waals surface area contributed by atoms with Crippen molar-refractivity contribution in [2.45, 2.75) is 0 Å². The van der Waals surface area contributed by atoms with E-state index in [1.165, 1.54) is 7.11 Å². The summed E-state index contributed by atoms with van der Waals surface area (Å²) in [4.78, 5) is 11.9. The minimum Gasteiger partial charge on any atom is -0.493 e. The number of rotatable bonds is 4. The predicted molar refractivity (Wildman–Crippen MR) is 68.4 cm³/mol. The Balaban J connectivity index is 3.12. The molecule has 1 aromatic carbocycles. The number of nitrogens with one attached hydrogen (secondary N) is 1. The number of benzene rings is 1. The molecule has 0 aliphatic heterocycles. The third-order valence-corrected chi connectivity index (χ3v) is 2.70. The number of ether oxygens (including phenoxy) is 2. The van der Waals surface area contributed by atoms with Gasteiger partial charge in [-0.1, -0.05) is 0 Å². The minimum absolute atomic E-state index is 0.220. The smallest absolute Gasteiger partial charge is 0.266 e. The van der Waals surface area contributed by atoms with Crippen LogP contribution in [0, 0.1) is 0 Å². The summed E-state index contributed by atoms with van der Waals surface area (Å²) in [7, 11) is 6.56. The minimum atomic E-state index is -0.220. The van der Waals surface area contributed by atoms with Crippen LogP contribution in [0.2, 0.25) is 0 Å². The first-order valence-corrected chi connectivity index (χ1v) is 5.68. The van der Waals surface area contributed by atoms with Gasteiger partial charge in [0, 0.05) is 18.6 Å². The van der Waals surface area contributed by atoms with Gasteiger partial charge in [-0.2, -0.15) is 0 Å². The number of nitrogens with zero attached hydrogens (tertiary/aromatic N) is 1. The van der Waals surface area contributed by atoms with Crippen LogP contribution in [0.25, 0.3) is 0 Å². The molecule has 0 aromatic heterocycles. The van der Waals surface area contributed by atoms with E-state index in [9.17, 15) is 4.79 Å². The molecule has 0 aliphatic rings. The van der Waals surface area contributed by atoms with Crippen LogP contribution in [0.5, 0.6) is 11.5 Å². The van der Waals surface area contributed by atoms with Gasteiger partial charge in [-0.3, -0.25) is 10.2 Å². The van der Waals surface area contributed by atoms with Crippen LogP contribution in [-0.2, 0) is 0 Å². The topological polar surface area (TPSA) is 50.8 Å². The number of hydrogen-bond donors (Lipinski definition) is 1. The highest BCUT2D eigenvalue weighted by Crippen LogP contribution is 2.33. The van der Waals surface area contributed by atoms with Gasteiger partial charge in [0.15, 0.2) is 11.5 Å². The van der Waals surface area contributed by atoms with Crippen LogP contribution in [0.3, 0.4) is 0 Å². The molecule has 0 bridgehead atoms. The largest absolute Gasteiger partial charge is 0.493 e. The zero-order valence-corrected chi connectivity index (χ0v) is 11.8. The van der Waals surface area contributed by atoms with Gasteiger partial charge in [-0.25, -0.2) is 5.01 Å².